The number of rotatable bonds is 4. The zero-order valence-corrected chi connectivity index (χ0v) is 20.0. The first kappa shape index (κ1) is 21.7. The van der Waals surface area contributed by atoms with Crippen LogP contribution in [0.1, 0.15) is 99.3 Å². The quantitative estimate of drug-likeness (QED) is 0.484. The van der Waals surface area contributed by atoms with Crippen molar-refractivity contribution in [1.29, 1.82) is 0 Å². The van der Waals surface area contributed by atoms with Crippen molar-refractivity contribution >= 4 is 0 Å². The lowest BCUT2D eigenvalue weighted by Crippen LogP contribution is -2.49. The van der Waals surface area contributed by atoms with Crippen LogP contribution in [-0.4, -0.2) is 11.2 Å². The van der Waals surface area contributed by atoms with E-state index in [0.29, 0.717) is 22.7 Å². The Balaban J connectivity index is 1.55. The van der Waals surface area contributed by atoms with Crippen molar-refractivity contribution in [3.05, 3.63) is 23.3 Å². The van der Waals surface area contributed by atoms with Crippen LogP contribution in [-0.2, 0) is 0 Å². The van der Waals surface area contributed by atoms with Crippen molar-refractivity contribution in [2.45, 2.75) is 105 Å². The summed E-state index contributed by atoms with van der Waals surface area (Å²) in [6, 6.07) is 0. The molecule has 3 fully saturated rings. The summed E-state index contributed by atoms with van der Waals surface area (Å²) in [4.78, 5) is 0. The summed E-state index contributed by atoms with van der Waals surface area (Å²) in [5, 5.41) is 10.2. The van der Waals surface area contributed by atoms with Crippen molar-refractivity contribution in [1.82, 2.24) is 0 Å². The van der Waals surface area contributed by atoms with Crippen LogP contribution in [0.2, 0.25) is 0 Å². The predicted octanol–water partition coefficient (Wildman–Crippen LogP) is 7.55. The highest BCUT2D eigenvalue weighted by atomic mass is 16.3. The second-order valence-corrected chi connectivity index (χ2v) is 12.4. The molecule has 1 heteroatoms. The Morgan fingerprint density at radius 1 is 1.07 bits per heavy atom. The summed E-state index contributed by atoms with van der Waals surface area (Å²) in [7, 11) is 0. The first-order valence-corrected chi connectivity index (χ1v) is 12.7. The topological polar surface area (TPSA) is 20.2 Å². The maximum absolute atomic E-state index is 10.2. The van der Waals surface area contributed by atoms with E-state index in [1.54, 1.807) is 5.57 Å². The lowest BCUT2D eigenvalue weighted by Gasteiger charge is -2.57. The van der Waals surface area contributed by atoms with Crippen molar-refractivity contribution in [2.75, 3.05) is 0 Å². The Hall–Kier alpha value is -0.560. The lowest BCUT2D eigenvalue weighted by atomic mass is 9.47. The molecule has 0 aromatic rings. The van der Waals surface area contributed by atoms with Gasteiger partial charge in [0, 0.05) is 0 Å². The number of aliphatic hydroxyl groups excluding tert-OH is 1. The van der Waals surface area contributed by atoms with Gasteiger partial charge in [0.1, 0.15) is 0 Å². The molecule has 0 aromatic carbocycles. The summed E-state index contributed by atoms with van der Waals surface area (Å²) in [6.45, 7) is 14.8. The summed E-state index contributed by atoms with van der Waals surface area (Å²) in [6.07, 6.45) is 16.6. The number of fused-ring (bicyclic) bond motifs is 5. The fourth-order valence-electron chi connectivity index (χ4n) is 8.67. The molecule has 0 aliphatic heterocycles. The van der Waals surface area contributed by atoms with E-state index in [4.69, 9.17) is 0 Å². The molecule has 4 aliphatic carbocycles. The van der Waals surface area contributed by atoms with Crippen LogP contribution in [0.5, 0.6) is 0 Å². The summed E-state index contributed by atoms with van der Waals surface area (Å²) in [5.41, 5.74) is 4.39. The largest absolute Gasteiger partial charge is 0.393 e. The number of allylic oxidation sites excluding steroid dienone is 4. The molecule has 3 saturated carbocycles. The highest BCUT2D eigenvalue weighted by Crippen LogP contribution is 2.66. The zero-order valence-electron chi connectivity index (χ0n) is 20.0. The van der Waals surface area contributed by atoms with Gasteiger partial charge in [-0.15, -0.1) is 0 Å². The summed E-state index contributed by atoms with van der Waals surface area (Å²) in [5.74, 6) is 4.63. The molecular formula is C28H46O. The van der Waals surface area contributed by atoms with Gasteiger partial charge in [-0.2, -0.15) is 0 Å². The molecule has 4 aliphatic rings. The Labute approximate surface area is 180 Å². The van der Waals surface area contributed by atoms with Crippen LogP contribution in [0.25, 0.3) is 0 Å². The van der Waals surface area contributed by atoms with E-state index in [9.17, 15) is 5.11 Å². The van der Waals surface area contributed by atoms with Gasteiger partial charge < -0.3 is 5.11 Å². The normalized spacial score (nSPS) is 46.0. The molecule has 164 valence electrons. The fraction of sp³-hybridized carbons (Fsp3) is 0.857. The SMILES string of the molecule is CC(=CC(C)C1CCC2C3=CCC4CC(O)CCC4(C)C3CCC21C)CC(C)C. The molecule has 0 aromatic heterocycles. The second kappa shape index (κ2) is 7.85. The molecular weight excluding hydrogens is 352 g/mol. The highest BCUT2D eigenvalue weighted by molar-refractivity contribution is 5.28. The van der Waals surface area contributed by atoms with E-state index < -0.39 is 0 Å². The number of hydrogen-bond donors (Lipinski definition) is 1. The minimum atomic E-state index is -0.0468. The second-order valence-electron chi connectivity index (χ2n) is 12.4. The fourth-order valence-corrected chi connectivity index (χ4v) is 8.67. The molecule has 0 radical (unpaired) electrons. The average molecular weight is 399 g/mol. The van der Waals surface area contributed by atoms with E-state index in [1.165, 1.54) is 44.9 Å². The van der Waals surface area contributed by atoms with Gasteiger partial charge in [0.2, 0.25) is 0 Å². The van der Waals surface area contributed by atoms with E-state index in [2.05, 4.69) is 53.7 Å². The Morgan fingerprint density at radius 2 is 1.76 bits per heavy atom. The van der Waals surface area contributed by atoms with Crippen LogP contribution >= 0.6 is 0 Å². The standard InChI is InChI=1S/C28H46O/c1-18(2)15-19(3)16-20(4)24-9-10-25-23-8-7-21-17-22(29)11-13-27(21,5)26(23)12-14-28(24,25)6/h8,16,18,20-22,24-26,29H,7,9-15,17H2,1-6H3. The van der Waals surface area contributed by atoms with Crippen molar-refractivity contribution in [3.8, 4) is 0 Å². The number of hydrogen-bond acceptors (Lipinski definition) is 1. The molecule has 1 N–H and O–H groups in total. The minimum Gasteiger partial charge on any atom is -0.393 e. The zero-order chi connectivity index (χ0) is 21.0. The van der Waals surface area contributed by atoms with E-state index in [0.717, 1.165) is 36.5 Å². The average Bonchev–Trinajstić information content (AvgIpc) is 2.99. The molecule has 4 rings (SSSR count). The number of aliphatic hydroxyl groups is 1. The van der Waals surface area contributed by atoms with Crippen molar-refractivity contribution in [3.63, 3.8) is 0 Å². The third kappa shape index (κ3) is 3.68. The van der Waals surface area contributed by atoms with Gasteiger partial charge in [-0.25, -0.2) is 0 Å². The first-order chi connectivity index (χ1) is 13.6. The molecule has 0 bridgehead atoms. The van der Waals surface area contributed by atoms with Gasteiger partial charge >= 0.3 is 0 Å². The van der Waals surface area contributed by atoms with Crippen molar-refractivity contribution in [2.24, 2.45) is 46.3 Å². The van der Waals surface area contributed by atoms with Crippen LogP contribution in [0, 0.1) is 46.3 Å². The molecule has 0 saturated heterocycles. The molecule has 8 atom stereocenters. The van der Waals surface area contributed by atoms with Crippen LogP contribution < -0.4 is 0 Å². The third-order valence-electron chi connectivity index (χ3n) is 10.0. The molecule has 0 spiro atoms. The summed E-state index contributed by atoms with van der Waals surface area (Å²) < 4.78 is 0. The van der Waals surface area contributed by atoms with Crippen molar-refractivity contribution < 1.29 is 5.11 Å². The van der Waals surface area contributed by atoms with Gasteiger partial charge in [-0.1, -0.05) is 57.9 Å². The predicted molar refractivity (Wildman–Crippen MR) is 124 cm³/mol. The molecule has 1 nitrogen and oxygen atoms in total. The highest BCUT2D eigenvalue weighted by Gasteiger charge is 2.57. The van der Waals surface area contributed by atoms with Crippen LogP contribution in [0.15, 0.2) is 23.3 Å². The van der Waals surface area contributed by atoms with Crippen LogP contribution in [0.3, 0.4) is 0 Å². The van der Waals surface area contributed by atoms with E-state index >= 15 is 0 Å². The first-order valence-electron chi connectivity index (χ1n) is 12.7. The Morgan fingerprint density at radius 3 is 2.48 bits per heavy atom. The maximum Gasteiger partial charge on any atom is 0.0543 e. The molecule has 8 unspecified atom stereocenters. The van der Waals surface area contributed by atoms with Gasteiger partial charge in [0.25, 0.3) is 0 Å². The van der Waals surface area contributed by atoms with Gasteiger partial charge in [0.05, 0.1) is 6.10 Å². The molecule has 0 amide bonds. The van der Waals surface area contributed by atoms with Gasteiger partial charge in [0.15, 0.2) is 0 Å². The molecule has 29 heavy (non-hydrogen) atoms. The van der Waals surface area contributed by atoms with E-state index in [-0.39, 0.29) is 6.10 Å². The van der Waals surface area contributed by atoms with Gasteiger partial charge in [-0.05, 0) is 111 Å². The Kier molecular flexibility index (Phi) is 5.86. The van der Waals surface area contributed by atoms with E-state index in [1.807, 2.05) is 5.57 Å². The van der Waals surface area contributed by atoms with Crippen LogP contribution in [0.4, 0.5) is 0 Å². The maximum atomic E-state index is 10.2. The summed E-state index contributed by atoms with van der Waals surface area (Å²) >= 11 is 0. The van der Waals surface area contributed by atoms with Gasteiger partial charge in [-0.3, -0.25) is 0 Å². The minimum absolute atomic E-state index is 0.0468. The molecule has 0 heterocycles. The lowest BCUT2D eigenvalue weighted by molar-refractivity contribution is -0.0414. The monoisotopic (exact) mass is 398 g/mol. The Bertz CT molecular complexity index is 672. The smallest absolute Gasteiger partial charge is 0.0543 e. The third-order valence-corrected chi connectivity index (χ3v) is 10.0.